The minimum absolute atomic E-state index is 0.766. The van der Waals surface area contributed by atoms with E-state index in [0.717, 1.165) is 19.0 Å². The Hall–Kier alpha value is -1.68. The molecule has 0 saturated carbocycles. The molecule has 0 aromatic heterocycles. The van der Waals surface area contributed by atoms with Crippen molar-refractivity contribution >= 4 is 0 Å². The molecule has 1 aromatic rings. The molecule has 86 valence electrons. The molecule has 0 saturated heterocycles. The van der Waals surface area contributed by atoms with Crippen molar-refractivity contribution in [2.45, 2.75) is 6.54 Å². The fourth-order valence-corrected chi connectivity index (χ4v) is 1.63. The van der Waals surface area contributed by atoms with E-state index in [9.17, 15) is 0 Å². The van der Waals surface area contributed by atoms with Crippen LogP contribution in [0.15, 0.2) is 36.7 Å². The van der Waals surface area contributed by atoms with Gasteiger partial charge in [0.25, 0.3) is 0 Å². The maximum atomic E-state index is 5.12. The van der Waals surface area contributed by atoms with Crippen LogP contribution in [0.1, 0.15) is 5.56 Å². The Balaban J connectivity index is 1.92. The van der Waals surface area contributed by atoms with Gasteiger partial charge in [0.2, 0.25) is 0 Å². The van der Waals surface area contributed by atoms with Crippen LogP contribution >= 0.6 is 0 Å². The van der Waals surface area contributed by atoms with E-state index in [0.29, 0.717) is 0 Å². The van der Waals surface area contributed by atoms with E-state index in [-0.39, 0.29) is 0 Å². The number of benzene rings is 1. The average Bonchev–Trinajstić information content (AvgIpc) is 2.78. The van der Waals surface area contributed by atoms with Crippen molar-refractivity contribution in [1.29, 1.82) is 0 Å². The summed E-state index contributed by atoms with van der Waals surface area (Å²) in [6, 6.07) is 8.09. The Labute approximate surface area is 95.6 Å². The third kappa shape index (κ3) is 2.46. The minimum Gasteiger partial charge on any atom is -0.497 e. The fourth-order valence-electron chi connectivity index (χ4n) is 1.63. The number of hydrogen-bond donors (Lipinski definition) is 0. The zero-order chi connectivity index (χ0) is 11.4. The second-order valence-corrected chi connectivity index (χ2v) is 3.63. The second kappa shape index (κ2) is 4.90. The first kappa shape index (κ1) is 10.8. The first-order chi connectivity index (χ1) is 7.81. The second-order valence-electron chi connectivity index (χ2n) is 3.63. The lowest BCUT2D eigenvalue weighted by Crippen LogP contribution is -2.24. The van der Waals surface area contributed by atoms with Gasteiger partial charge < -0.3 is 9.64 Å². The summed E-state index contributed by atoms with van der Waals surface area (Å²) in [7, 11) is 3.34. The number of hydrogen-bond acceptors (Lipinski definition) is 4. The van der Waals surface area contributed by atoms with Crippen molar-refractivity contribution < 1.29 is 9.57 Å². The Morgan fingerprint density at radius 2 is 1.88 bits per heavy atom. The monoisotopic (exact) mass is 220 g/mol. The molecule has 4 heteroatoms. The molecule has 0 aliphatic carbocycles. The minimum atomic E-state index is 0.766. The van der Waals surface area contributed by atoms with Gasteiger partial charge in [0, 0.05) is 18.9 Å². The highest BCUT2D eigenvalue weighted by Gasteiger charge is 2.11. The third-order valence-electron chi connectivity index (χ3n) is 2.54. The molecule has 1 aliphatic rings. The molecule has 0 bridgehead atoms. The lowest BCUT2D eigenvalue weighted by Gasteiger charge is -2.19. The summed E-state index contributed by atoms with van der Waals surface area (Å²) >= 11 is 0. The van der Waals surface area contributed by atoms with Crippen molar-refractivity contribution in [3.63, 3.8) is 0 Å². The molecule has 0 fully saturated rings. The van der Waals surface area contributed by atoms with Crippen LogP contribution in [0.25, 0.3) is 0 Å². The van der Waals surface area contributed by atoms with Crippen molar-refractivity contribution in [3.8, 4) is 5.75 Å². The Morgan fingerprint density at radius 1 is 1.12 bits per heavy atom. The Kier molecular flexibility index (Phi) is 3.31. The third-order valence-corrected chi connectivity index (χ3v) is 2.54. The predicted octanol–water partition coefficient (Wildman–Crippen LogP) is 1.80. The van der Waals surface area contributed by atoms with Gasteiger partial charge in [-0.05, 0) is 17.7 Å². The summed E-state index contributed by atoms with van der Waals surface area (Å²) in [6.07, 6.45) is 3.94. The van der Waals surface area contributed by atoms with Crippen molar-refractivity contribution in [2.24, 2.45) is 0 Å². The molecule has 1 aromatic carbocycles. The van der Waals surface area contributed by atoms with Crippen LogP contribution in [-0.4, -0.2) is 30.9 Å². The number of methoxy groups -OCH3 is 1. The number of nitrogens with zero attached hydrogens (tertiary/aromatic N) is 2. The average molecular weight is 220 g/mol. The van der Waals surface area contributed by atoms with Gasteiger partial charge in [-0.15, -0.1) is 0 Å². The van der Waals surface area contributed by atoms with Crippen LogP contribution in [0, 0.1) is 0 Å². The lowest BCUT2D eigenvalue weighted by atomic mass is 10.2. The van der Waals surface area contributed by atoms with E-state index in [2.05, 4.69) is 17.0 Å². The molecule has 0 spiro atoms. The largest absolute Gasteiger partial charge is 0.497 e. The van der Waals surface area contributed by atoms with Gasteiger partial charge in [-0.2, -0.15) is 0 Å². The molecule has 4 nitrogen and oxygen atoms in total. The molecule has 2 rings (SSSR count). The van der Waals surface area contributed by atoms with Gasteiger partial charge in [0.05, 0.1) is 14.2 Å². The van der Waals surface area contributed by atoms with Gasteiger partial charge in [-0.1, -0.05) is 12.1 Å². The quantitative estimate of drug-likeness (QED) is 0.772. The topological polar surface area (TPSA) is 24.9 Å². The predicted molar refractivity (Wildman–Crippen MR) is 61.4 cm³/mol. The van der Waals surface area contributed by atoms with E-state index in [1.54, 1.807) is 19.3 Å². The summed E-state index contributed by atoms with van der Waals surface area (Å²) in [5, 5.41) is 1.78. The van der Waals surface area contributed by atoms with E-state index in [4.69, 9.17) is 9.57 Å². The molecular weight excluding hydrogens is 204 g/mol. The molecule has 0 unspecified atom stereocenters. The van der Waals surface area contributed by atoms with Crippen molar-refractivity contribution in [3.05, 3.63) is 42.2 Å². The zero-order valence-corrected chi connectivity index (χ0v) is 9.59. The molecule has 1 aliphatic heterocycles. The van der Waals surface area contributed by atoms with Gasteiger partial charge in [0.1, 0.15) is 12.4 Å². The van der Waals surface area contributed by atoms with Crippen LogP contribution in [0.5, 0.6) is 5.75 Å². The van der Waals surface area contributed by atoms with E-state index < -0.39 is 0 Å². The van der Waals surface area contributed by atoms with E-state index in [1.165, 1.54) is 5.56 Å². The molecule has 0 atom stereocenters. The fraction of sp³-hybridized carbons (Fsp3) is 0.333. The first-order valence-corrected chi connectivity index (χ1v) is 5.18. The van der Waals surface area contributed by atoms with Gasteiger partial charge in [0.15, 0.2) is 0 Å². The summed E-state index contributed by atoms with van der Waals surface area (Å²) in [4.78, 5) is 7.27. The highest BCUT2D eigenvalue weighted by atomic mass is 16.7. The van der Waals surface area contributed by atoms with Gasteiger partial charge >= 0.3 is 0 Å². The molecule has 0 amide bonds. The number of rotatable bonds is 4. The standard InChI is InChI=1S/C12H16N2O2/c1-15-12-5-3-11(4-6-12)9-13-7-8-14(10-13)16-2/h3-8H,9-10H2,1-2H3. The Bertz CT molecular complexity index is 362. The molecule has 0 N–H and O–H groups in total. The first-order valence-electron chi connectivity index (χ1n) is 5.18. The summed E-state index contributed by atoms with van der Waals surface area (Å²) < 4.78 is 5.12. The van der Waals surface area contributed by atoms with Crippen LogP contribution in [0.3, 0.4) is 0 Å². The Morgan fingerprint density at radius 3 is 2.44 bits per heavy atom. The number of hydroxylamine groups is 2. The van der Waals surface area contributed by atoms with Gasteiger partial charge in [-0.3, -0.25) is 4.84 Å². The van der Waals surface area contributed by atoms with Crippen molar-refractivity contribution in [1.82, 2.24) is 9.96 Å². The van der Waals surface area contributed by atoms with Crippen molar-refractivity contribution in [2.75, 3.05) is 20.9 Å². The lowest BCUT2D eigenvalue weighted by molar-refractivity contribution is -0.0986. The molecule has 0 radical (unpaired) electrons. The highest BCUT2D eigenvalue weighted by molar-refractivity contribution is 5.27. The summed E-state index contributed by atoms with van der Waals surface area (Å²) in [6.45, 7) is 1.64. The zero-order valence-electron chi connectivity index (χ0n) is 9.59. The maximum absolute atomic E-state index is 5.12. The molecular formula is C12H16N2O2. The maximum Gasteiger partial charge on any atom is 0.118 e. The summed E-state index contributed by atoms with van der Waals surface area (Å²) in [5.41, 5.74) is 1.25. The summed E-state index contributed by atoms with van der Waals surface area (Å²) in [5.74, 6) is 0.888. The van der Waals surface area contributed by atoms with Crippen LogP contribution < -0.4 is 4.74 Å². The highest BCUT2D eigenvalue weighted by Crippen LogP contribution is 2.15. The molecule has 1 heterocycles. The van der Waals surface area contributed by atoms with Crippen LogP contribution in [-0.2, 0) is 11.4 Å². The smallest absolute Gasteiger partial charge is 0.118 e. The van der Waals surface area contributed by atoms with Crippen LogP contribution in [0.2, 0.25) is 0 Å². The van der Waals surface area contributed by atoms with E-state index >= 15 is 0 Å². The number of ether oxygens (including phenoxy) is 1. The van der Waals surface area contributed by atoms with Crippen LogP contribution in [0.4, 0.5) is 0 Å². The molecule has 16 heavy (non-hydrogen) atoms. The van der Waals surface area contributed by atoms with Gasteiger partial charge in [-0.25, -0.2) is 5.06 Å². The normalized spacial score (nSPS) is 14.6. The SMILES string of the molecule is COc1ccc(CN2C=CN(OC)C2)cc1. The van der Waals surface area contributed by atoms with E-state index in [1.807, 2.05) is 24.5 Å².